The van der Waals surface area contributed by atoms with E-state index in [1.165, 1.54) is 25.2 Å². The van der Waals surface area contributed by atoms with Crippen LogP contribution in [-0.4, -0.2) is 64.2 Å². The van der Waals surface area contributed by atoms with Gasteiger partial charge in [-0.2, -0.15) is 0 Å². The third-order valence-electron chi connectivity index (χ3n) is 4.19. The molecule has 0 saturated carbocycles. The van der Waals surface area contributed by atoms with E-state index in [1.54, 1.807) is 0 Å². The molecular formula is C16H14N2O7. The van der Waals surface area contributed by atoms with Gasteiger partial charge in [0.2, 0.25) is 5.91 Å². The Hall–Kier alpha value is -3.23. The van der Waals surface area contributed by atoms with Crippen LogP contribution in [0.4, 0.5) is 0 Å². The molecule has 1 unspecified atom stereocenters. The van der Waals surface area contributed by atoms with Crippen LogP contribution in [0, 0.1) is 0 Å². The average molecular weight is 346 g/mol. The molecule has 9 nitrogen and oxygen atoms in total. The maximum atomic E-state index is 12.7. The lowest BCUT2D eigenvalue weighted by atomic mass is 10.0. The molecule has 0 bridgehead atoms. The summed E-state index contributed by atoms with van der Waals surface area (Å²) in [6.45, 7) is -0.669. The van der Waals surface area contributed by atoms with Crippen LogP contribution >= 0.6 is 0 Å². The number of aliphatic carboxylic acids is 1. The number of carboxylic acids is 1. The van der Waals surface area contributed by atoms with Gasteiger partial charge in [-0.15, -0.1) is 0 Å². The molecule has 1 saturated heterocycles. The largest absolute Gasteiger partial charge is 0.481 e. The summed E-state index contributed by atoms with van der Waals surface area (Å²) in [6, 6.07) is 3.19. The summed E-state index contributed by atoms with van der Waals surface area (Å²) >= 11 is 0. The molecule has 2 aliphatic heterocycles. The molecule has 3 rings (SSSR count). The number of benzene rings is 1. The van der Waals surface area contributed by atoms with Crippen molar-refractivity contribution in [3.8, 4) is 5.75 Å². The van der Waals surface area contributed by atoms with Gasteiger partial charge in [-0.3, -0.25) is 29.0 Å². The van der Waals surface area contributed by atoms with Gasteiger partial charge < -0.3 is 9.84 Å². The Kier molecular flexibility index (Phi) is 3.99. The van der Waals surface area contributed by atoms with E-state index in [9.17, 15) is 24.0 Å². The number of carbonyl (C=O) groups excluding carboxylic acids is 4. The van der Waals surface area contributed by atoms with Crippen molar-refractivity contribution in [1.29, 1.82) is 0 Å². The van der Waals surface area contributed by atoms with Crippen molar-refractivity contribution >= 4 is 29.6 Å². The Morgan fingerprint density at radius 3 is 2.64 bits per heavy atom. The van der Waals surface area contributed by atoms with Gasteiger partial charge in [0.1, 0.15) is 11.8 Å². The van der Waals surface area contributed by atoms with Crippen molar-refractivity contribution in [2.75, 3.05) is 13.7 Å². The van der Waals surface area contributed by atoms with Crippen LogP contribution in [0.15, 0.2) is 18.2 Å². The Morgan fingerprint density at radius 1 is 1.24 bits per heavy atom. The topological polar surface area (TPSA) is 121 Å². The number of ether oxygens (including phenoxy) is 1. The zero-order valence-corrected chi connectivity index (χ0v) is 13.2. The Labute approximate surface area is 141 Å². The monoisotopic (exact) mass is 346 g/mol. The number of imide groups is 2. The quantitative estimate of drug-likeness (QED) is 0.755. The van der Waals surface area contributed by atoms with E-state index in [1.807, 2.05) is 0 Å². The van der Waals surface area contributed by atoms with Crippen molar-refractivity contribution in [2.24, 2.45) is 0 Å². The lowest BCUT2D eigenvalue weighted by molar-refractivity contribution is -0.149. The first-order chi connectivity index (χ1) is 11.8. The van der Waals surface area contributed by atoms with Gasteiger partial charge in [0.05, 0.1) is 11.1 Å². The van der Waals surface area contributed by atoms with Crippen LogP contribution in [-0.2, 0) is 14.4 Å². The fourth-order valence-electron chi connectivity index (χ4n) is 2.95. The summed E-state index contributed by atoms with van der Waals surface area (Å²) in [4.78, 5) is 61.6. The highest BCUT2D eigenvalue weighted by Crippen LogP contribution is 2.34. The molecule has 1 atom stereocenters. The van der Waals surface area contributed by atoms with Crippen molar-refractivity contribution in [3.63, 3.8) is 0 Å². The number of carboxylic acid groups (broad SMARTS) is 1. The second-order valence-corrected chi connectivity index (χ2v) is 5.69. The van der Waals surface area contributed by atoms with Crippen molar-refractivity contribution in [2.45, 2.75) is 18.9 Å². The third-order valence-corrected chi connectivity index (χ3v) is 4.19. The Balaban J connectivity index is 1.95. The molecule has 9 heteroatoms. The molecule has 1 aromatic carbocycles. The summed E-state index contributed by atoms with van der Waals surface area (Å²) in [6.07, 6.45) is 0.0987. The second-order valence-electron chi connectivity index (χ2n) is 5.69. The molecule has 0 aromatic heterocycles. The highest BCUT2D eigenvalue weighted by Gasteiger charge is 2.47. The number of likely N-dealkylation sites (tertiary alicyclic amines) is 1. The van der Waals surface area contributed by atoms with E-state index in [4.69, 9.17) is 9.84 Å². The van der Waals surface area contributed by atoms with E-state index in [-0.39, 0.29) is 35.6 Å². The highest BCUT2D eigenvalue weighted by atomic mass is 16.5. The van der Waals surface area contributed by atoms with Gasteiger partial charge >= 0.3 is 5.97 Å². The van der Waals surface area contributed by atoms with Gasteiger partial charge in [-0.1, -0.05) is 6.07 Å². The smallest absolute Gasteiger partial charge is 0.341 e. The molecule has 0 spiro atoms. The molecule has 0 radical (unpaired) electrons. The maximum absolute atomic E-state index is 12.7. The van der Waals surface area contributed by atoms with Gasteiger partial charge in [0.15, 0.2) is 6.61 Å². The van der Waals surface area contributed by atoms with Crippen molar-refractivity contribution in [3.05, 3.63) is 29.3 Å². The normalized spacial score (nSPS) is 20.1. The zero-order chi connectivity index (χ0) is 18.3. The molecule has 2 aliphatic rings. The van der Waals surface area contributed by atoms with Crippen molar-refractivity contribution < 1.29 is 33.8 Å². The van der Waals surface area contributed by atoms with Crippen LogP contribution in [0.2, 0.25) is 0 Å². The SMILES string of the molecule is CN1C(=O)CCC(N2C(=O)c3cccc(OCC(=O)O)c3C2=O)C1=O. The Morgan fingerprint density at radius 2 is 1.96 bits per heavy atom. The van der Waals surface area contributed by atoms with E-state index >= 15 is 0 Å². The summed E-state index contributed by atoms with van der Waals surface area (Å²) in [7, 11) is 1.30. The average Bonchev–Trinajstić information content (AvgIpc) is 2.83. The number of rotatable bonds is 4. The van der Waals surface area contributed by atoms with Gasteiger partial charge in [-0.05, 0) is 18.6 Å². The summed E-state index contributed by atoms with van der Waals surface area (Å²) in [5.74, 6) is -3.66. The highest BCUT2D eigenvalue weighted by molar-refractivity contribution is 6.24. The van der Waals surface area contributed by atoms with E-state index in [0.717, 1.165) is 9.80 Å². The molecular weight excluding hydrogens is 332 g/mol. The standard InChI is InChI=1S/C16H14N2O7/c1-17-11(19)6-5-9(15(17)23)18-14(22)8-3-2-4-10(13(8)16(18)24)25-7-12(20)21/h2-4,9H,5-7H2,1H3,(H,20,21). The molecule has 0 aliphatic carbocycles. The minimum Gasteiger partial charge on any atom is -0.481 e. The minimum atomic E-state index is -1.23. The fraction of sp³-hybridized carbons (Fsp3) is 0.312. The number of amides is 4. The first-order valence-electron chi connectivity index (χ1n) is 7.48. The second kappa shape index (κ2) is 6.00. The lowest BCUT2D eigenvalue weighted by Crippen LogP contribution is -2.54. The first-order valence-corrected chi connectivity index (χ1v) is 7.48. The van der Waals surface area contributed by atoms with E-state index in [0.29, 0.717) is 0 Å². The van der Waals surface area contributed by atoms with Crippen LogP contribution in [0.3, 0.4) is 0 Å². The maximum Gasteiger partial charge on any atom is 0.341 e. The lowest BCUT2D eigenvalue weighted by Gasteiger charge is -2.32. The number of hydrogen-bond acceptors (Lipinski definition) is 6. The number of hydrogen-bond donors (Lipinski definition) is 1. The number of piperidine rings is 1. The predicted octanol–water partition coefficient (Wildman–Crippen LogP) is -0.107. The molecule has 25 heavy (non-hydrogen) atoms. The molecule has 1 fully saturated rings. The number of nitrogens with zero attached hydrogens (tertiary/aromatic N) is 2. The third kappa shape index (κ3) is 2.63. The van der Waals surface area contributed by atoms with Crippen LogP contribution in [0.1, 0.15) is 33.6 Å². The summed E-state index contributed by atoms with van der Waals surface area (Å²) in [5, 5.41) is 8.72. The van der Waals surface area contributed by atoms with Crippen molar-refractivity contribution in [1.82, 2.24) is 9.80 Å². The fourth-order valence-corrected chi connectivity index (χ4v) is 2.95. The summed E-state index contributed by atoms with van der Waals surface area (Å²) in [5.41, 5.74) is -0.0265. The summed E-state index contributed by atoms with van der Waals surface area (Å²) < 4.78 is 5.08. The van der Waals surface area contributed by atoms with E-state index in [2.05, 4.69) is 0 Å². The van der Waals surface area contributed by atoms with Gasteiger partial charge in [-0.25, -0.2) is 4.79 Å². The first kappa shape index (κ1) is 16.6. The molecule has 1 aromatic rings. The number of carbonyl (C=O) groups is 5. The van der Waals surface area contributed by atoms with Crippen LogP contribution in [0.5, 0.6) is 5.75 Å². The zero-order valence-electron chi connectivity index (χ0n) is 13.2. The molecule has 4 amide bonds. The minimum absolute atomic E-state index is 0.0339. The van der Waals surface area contributed by atoms with Gasteiger partial charge in [0, 0.05) is 13.5 Å². The molecule has 2 heterocycles. The number of likely N-dealkylation sites (N-methyl/N-ethyl adjacent to an activating group) is 1. The van der Waals surface area contributed by atoms with E-state index < -0.39 is 36.3 Å². The molecule has 1 N–H and O–H groups in total. The van der Waals surface area contributed by atoms with Crippen LogP contribution in [0.25, 0.3) is 0 Å². The Bertz CT molecular complexity index is 817. The number of fused-ring (bicyclic) bond motifs is 1. The van der Waals surface area contributed by atoms with Crippen LogP contribution < -0.4 is 4.74 Å². The molecule has 130 valence electrons. The van der Waals surface area contributed by atoms with Gasteiger partial charge in [0.25, 0.3) is 17.7 Å². The predicted molar refractivity (Wildman–Crippen MR) is 80.9 cm³/mol.